The number of phosphoric acid groups is 1. The fourth-order valence-corrected chi connectivity index (χ4v) is 6.03. The van der Waals surface area contributed by atoms with Gasteiger partial charge in [-0.15, -0.1) is 0 Å². The average molecular weight is 672 g/mol. The summed E-state index contributed by atoms with van der Waals surface area (Å²) in [6.45, 7) is 6.08. The number of halogens is 2. The number of nitrogens with zero attached hydrogens (tertiary/aromatic N) is 2. The Bertz CT molecular complexity index is 1480. The third-order valence-electron chi connectivity index (χ3n) is 7.01. The lowest BCUT2D eigenvalue weighted by atomic mass is 10.1. The molecule has 254 valence electrons. The van der Waals surface area contributed by atoms with Crippen molar-refractivity contribution in [3.8, 4) is 5.75 Å². The quantitative estimate of drug-likeness (QED) is 0.141. The fourth-order valence-electron chi connectivity index (χ4n) is 4.80. The van der Waals surface area contributed by atoms with E-state index >= 15 is 8.78 Å². The van der Waals surface area contributed by atoms with E-state index in [0.29, 0.717) is 16.6 Å². The first kappa shape index (κ1) is 35.5. The molecule has 1 saturated heterocycles. The van der Waals surface area contributed by atoms with E-state index in [1.54, 1.807) is 45.0 Å². The Morgan fingerprint density at radius 2 is 1.85 bits per heavy atom. The van der Waals surface area contributed by atoms with Crippen LogP contribution in [0.4, 0.5) is 19.4 Å². The van der Waals surface area contributed by atoms with Gasteiger partial charge in [-0.05, 0) is 39.3 Å². The maximum atomic E-state index is 16.0. The number of carbonyl (C=O) groups excluding carboxylic acids is 2. The minimum Gasteiger partial charge on any atom is -0.453 e. The molecule has 0 bridgehead atoms. The van der Waals surface area contributed by atoms with Crippen LogP contribution in [0, 0.1) is 0 Å². The maximum Gasteiger partial charge on any atom is 0.530 e. The number of alkyl halides is 2. The minimum absolute atomic E-state index is 0.106. The molecule has 4 atom stereocenters. The molecule has 1 amide bonds. The molecule has 4 rings (SSSR count). The zero-order valence-corrected chi connectivity index (χ0v) is 27.1. The first-order valence-corrected chi connectivity index (χ1v) is 16.7. The van der Waals surface area contributed by atoms with Crippen molar-refractivity contribution in [2.24, 2.45) is 0 Å². The lowest BCUT2D eigenvalue weighted by molar-refractivity contribution is -0.176. The van der Waals surface area contributed by atoms with Crippen molar-refractivity contribution in [3.63, 3.8) is 0 Å². The van der Waals surface area contributed by atoms with Gasteiger partial charge in [0.1, 0.15) is 23.3 Å². The minimum atomic E-state index is -4.27. The van der Waals surface area contributed by atoms with Gasteiger partial charge in [0.05, 0.1) is 13.2 Å². The molecule has 3 heterocycles. The number of unbranched alkanes of at least 4 members (excludes halogenated alkanes) is 5. The predicted molar refractivity (Wildman–Crippen MR) is 161 cm³/mol. The molecular formula is C30H40F2N3O10P. The smallest absolute Gasteiger partial charge is 0.453 e. The van der Waals surface area contributed by atoms with Gasteiger partial charge in [-0.2, -0.15) is 13.8 Å². The summed E-state index contributed by atoms with van der Waals surface area (Å²) in [7, 11) is -4.27. The number of fused-ring (bicyclic) bond motifs is 1. The van der Waals surface area contributed by atoms with E-state index in [-0.39, 0.29) is 24.6 Å². The first-order valence-electron chi connectivity index (χ1n) is 15.2. The number of hydrogen-bond donors (Lipinski definition) is 1. The number of benzene rings is 1. The van der Waals surface area contributed by atoms with Crippen LogP contribution in [0.25, 0.3) is 0 Å². The molecule has 1 N–H and O–H groups in total. The Morgan fingerprint density at radius 1 is 1.13 bits per heavy atom. The molecule has 2 aliphatic heterocycles. The summed E-state index contributed by atoms with van der Waals surface area (Å²) in [5, 5.41) is 2.26. The number of anilines is 1. The van der Waals surface area contributed by atoms with E-state index in [0.717, 1.165) is 44.4 Å². The van der Waals surface area contributed by atoms with Crippen molar-refractivity contribution in [3.05, 3.63) is 52.6 Å². The highest BCUT2D eigenvalue weighted by atomic mass is 31.2. The second-order valence-electron chi connectivity index (χ2n) is 12.0. The Morgan fingerprint density at radius 3 is 2.57 bits per heavy atom. The van der Waals surface area contributed by atoms with Crippen LogP contribution in [-0.2, 0) is 39.2 Å². The molecule has 0 radical (unpaired) electrons. The van der Waals surface area contributed by atoms with Gasteiger partial charge in [-0.25, -0.2) is 14.2 Å². The van der Waals surface area contributed by atoms with Crippen LogP contribution in [0.5, 0.6) is 5.75 Å². The monoisotopic (exact) mass is 671 g/mol. The summed E-state index contributed by atoms with van der Waals surface area (Å²) < 4.78 is 77.5. The van der Waals surface area contributed by atoms with Gasteiger partial charge < -0.3 is 18.7 Å². The molecule has 1 fully saturated rings. The summed E-state index contributed by atoms with van der Waals surface area (Å²) in [6, 6.07) is 7.74. The third-order valence-corrected chi connectivity index (χ3v) is 8.34. The Balaban J connectivity index is 1.50. The normalized spacial score (nSPS) is 23.7. The van der Waals surface area contributed by atoms with Crippen LogP contribution >= 0.6 is 7.82 Å². The molecule has 3 unspecified atom stereocenters. The van der Waals surface area contributed by atoms with E-state index < -0.39 is 62.1 Å². The van der Waals surface area contributed by atoms with E-state index in [1.807, 2.05) is 0 Å². The molecule has 2 aromatic rings. The Hall–Kier alpha value is -3.39. The van der Waals surface area contributed by atoms with Crippen molar-refractivity contribution >= 4 is 25.7 Å². The molecule has 13 nitrogen and oxygen atoms in total. The first-order chi connectivity index (χ1) is 21.7. The number of esters is 1. The number of para-hydroxylation sites is 1. The highest BCUT2D eigenvalue weighted by Gasteiger charge is 2.63. The molecular weight excluding hydrogens is 631 g/mol. The van der Waals surface area contributed by atoms with Crippen molar-refractivity contribution in [2.75, 3.05) is 11.9 Å². The standard InChI is InChI=1S/C30H40F2N3O10P/c1-5-6-7-8-9-10-15-24(36)43-25-22(19-41-46(39)40-18-20-13-11-12-14-21(20)45-46)42-26(30(25,31)32)35-17-16-23(33-27(35)37)34-28(38)44-29(2,3)4/h11-14,16-17,22,25-26H,5-10,15,18-19H2,1-4H3,(H,33,34,37,38)/t22?,25-,26?,46?/m1/s1. The SMILES string of the molecule is CCCCCCCCC(=O)O[C@@H]1C(COP2(=O)OCc3ccccc3O2)OC(n2ccc(NC(=O)OC(C)(C)C)nc2=O)C1(F)F. The predicted octanol–water partition coefficient (Wildman–Crippen LogP) is 6.52. The lowest BCUT2D eigenvalue weighted by Gasteiger charge is -2.27. The second kappa shape index (κ2) is 15.0. The summed E-state index contributed by atoms with van der Waals surface area (Å²) in [5.74, 6) is -4.86. The second-order valence-corrected chi connectivity index (χ2v) is 13.6. The topological polar surface area (TPSA) is 154 Å². The van der Waals surface area contributed by atoms with Crippen LogP contribution in [0.2, 0.25) is 0 Å². The molecule has 16 heteroatoms. The van der Waals surface area contributed by atoms with Crippen LogP contribution < -0.4 is 15.5 Å². The Labute approximate surface area is 265 Å². The van der Waals surface area contributed by atoms with Crippen molar-refractivity contribution in [1.82, 2.24) is 9.55 Å². The van der Waals surface area contributed by atoms with Crippen LogP contribution in [-0.4, -0.2) is 52.0 Å². The van der Waals surface area contributed by atoms with Crippen molar-refractivity contribution < 1.29 is 50.7 Å². The molecule has 2 aliphatic rings. The molecule has 1 aromatic heterocycles. The number of phosphoric ester groups is 1. The van der Waals surface area contributed by atoms with E-state index in [2.05, 4.69) is 17.2 Å². The van der Waals surface area contributed by atoms with Crippen LogP contribution in [0.1, 0.15) is 84.4 Å². The Kier molecular flexibility index (Phi) is 11.6. The lowest BCUT2D eigenvalue weighted by Crippen LogP contribution is -2.44. The van der Waals surface area contributed by atoms with E-state index in [1.165, 1.54) is 0 Å². The van der Waals surface area contributed by atoms with Crippen LogP contribution in [0.3, 0.4) is 0 Å². The molecule has 1 aromatic carbocycles. The molecule has 0 spiro atoms. The van der Waals surface area contributed by atoms with Gasteiger partial charge in [0.25, 0.3) is 0 Å². The third kappa shape index (κ3) is 9.34. The molecule has 0 saturated carbocycles. The van der Waals surface area contributed by atoms with E-state index in [4.69, 9.17) is 27.8 Å². The fraction of sp³-hybridized carbons (Fsp3) is 0.600. The highest BCUT2D eigenvalue weighted by Crippen LogP contribution is 2.55. The molecule has 46 heavy (non-hydrogen) atoms. The largest absolute Gasteiger partial charge is 0.530 e. The average Bonchev–Trinajstić information content (AvgIpc) is 3.21. The van der Waals surface area contributed by atoms with Gasteiger partial charge in [0.2, 0.25) is 6.23 Å². The van der Waals surface area contributed by atoms with Crippen molar-refractivity contribution in [2.45, 2.75) is 109 Å². The van der Waals surface area contributed by atoms with Gasteiger partial charge in [-0.1, -0.05) is 57.2 Å². The maximum absolute atomic E-state index is 16.0. The number of amides is 1. The zero-order valence-electron chi connectivity index (χ0n) is 26.2. The number of ether oxygens (including phenoxy) is 3. The number of carbonyl (C=O) groups is 2. The summed E-state index contributed by atoms with van der Waals surface area (Å²) in [5.41, 5.74) is -1.42. The number of rotatable bonds is 13. The number of nitrogens with one attached hydrogen (secondary N) is 1. The molecule has 0 aliphatic carbocycles. The summed E-state index contributed by atoms with van der Waals surface area (Å²) >= 11 is 0. The number of hydrogen-bond acceptors (Lipinski definition) is 11. The summed E-state index contributed by atoms with van der Waals surface area (Å²) in [4.78, 5) is 41.3. The van der Waals surface area contributed by atoms with Gasteiger partial charge in [0, 0.05) is 18.2 Å². The van der Waals surface area contributed by atoms with Crippen molar-refractivity contribution in [1.29, 1.82) is 0 Å². The van der Waals surface area contributed by atoms with Gasteiger partial charge >= 0.3 is 31.5 Å². The van der Waals surface area contributed by atoms with Gasteiger partial charge in [0.15, 0.2) is 6.10 Å². The van der Waals surface area contributed by atoms with Crippen LogP contribution in [0.15, 0.2) is 41.3 Å². The van der Waals surface area contributed by atoms with E-state index in [9.17, 15) is 18.9 Å². The summed E-state index contributed by atoms with van der Waals surface area (Å²) in [6.07, 6.45) is -1.07. The highest BCUT2D eigenvalue weighted by molar-refractivity contribution is 7.49. The number of aromatic nitrogens is 2. The van der Waals surface area contributed by atoms with Gasteiger partial charge in [-0.3, -0.25) is 23.7 Å². The zero-order chi connectivity index (χ0) is 33.5.